The Labute approximate surface area is 208 Å². The van der Waals surface area contributed by atoms with Gasteiger partial charge in [-0.3, -0.25) is 14.4 Å². The highest BCUT2D eigenvalue weighted by Gasteiger charge is 2.38. The highest BCUT2D eigenvalue weighted by atomic mass is 16.6. The van der Waals surface area contributed by atoms with Crippen LogP contribution in [-0.2, 0) is 41.6 Å². The van der Waals surface area contributed by atoms with Crippen molar-refractivity contribution in [2.45, 2.75) is 31.2 Å². The third kappa shape index (κ3) is 7.37. The van der Waals surface area contributed by atoms with Crippen LogP contribution in [0.25, 0.3) is 0 Å². The van der Waals surface area contributed by atoms with Crippen LogP contribution in [-0.4, -0.2) is 68.2 Å². The van der Waals surface area contributed by atoms with Crippen LogP contribution < -0.4 is 16.0 Å². The zero-order valence-corrected chi connectivity index (χ0v) is 19.7. The lowest BCUT2D eigenvalue weighted by Gasteiger charge is -2.32. The Hall–Kier alpha value is -3.76. The molecule has 0 aromatic heterocycles. The Kier molecular flexibility index (Phi) is 8.64. The Morgan fingerprint density at radius 3 is 2.11 bits per heavy atom. The summed E-state index contributed by atoms with van der Waals surface area (Å²) in [4.78, 5) is 50.3. The summed E-state index contributed by atoms with van der Waals surface area (Å²) in [5, 5.41) is 7.81. The number of rotatable bonds is 12. The minimum absolute atomic E-state index is 0.0616. The maximum atomic E-state index is 12.8. The van der Waals surface area contributed by atoms with Crippen LogP contribution in [0.15, 0.2) is 60.7 Å². The van der Waals surface area contributed by atoms with Crippen LogP contribution in [0.5, 0.6) is 0 Å². The fraction of sp³-hybridized carbons (Fsp3) is 0.385. The second-order valence-electron chi connectivity index (χ2n) is 8.73. The van der Waals surface area contributed by atoms with E-state index in [2.05, 4.69) is 16.0 Å². The zero-order valence-electron chi connectivity index (χ0n) is 19.7. The van der Waals surface area contributed by atoms with Gasteiger partial charge in [0.25, 0.3) is 0 Å². The second kappa shape index (κ2) is 12.3. The van der Waals surface area contributed by atoms with E-state index in [1.165, 1.54) is 0 Å². The maximum absolute atomic E-state index is 12.8. The molecule has 0 saturated carbocycles. The van der Waals surface area contributed by atoms with Crippen molar-refractivity contribution in [2.75, 3.05) is 26.4 Å². The van der Waals surface area contributed by atoms with Crippen LogP contribution in [0.3, 0.4) is 0 Å². The molecular weight excluding hydrogens is 466 g/mol. The minimum atomic E-state index is -0.920. The van der Waals surface area contributed by atoms with Crippen LogP contribution >= 0.6 is 0 Å². The van der Waals surface area contributed by atoms with Crippen molar-refractivity contribution in [1.82, 2.24) is 16.0 Å². The van der Waals surface area contributed by atoms with Gasteiger partial charge in [-0.1, -0.05) is 60.7 Å². The van der Waals surface area contributed by atoms with Gasteiger partial charge in [0.15, 0.2) is 5.78 Å². The molecule has 2 heterocycles. The first kappa shape index (κ1) is 25.3. The molecule has 3 unspecified atom stereocenters. The van der Waals surface area contributed by atoms with Crippen LogP contribution in [0.2, 0.25) is 0 Å². The standard InChI is InChI=1S/C26H29N3O7/c30-22(28-20(24(31)21-16-35-21)11-17-7-3-1-4-8-17)12-27-25(32)23(19-14-34-15-19)29-26(33)36-13-18-9-5-2-6-10-18/h1-10,19-21,23H,11-16H2,(H,27,32)(H,28,30)(H,29,33). The first-order chi connectivity index (χ1) is 17.5. The number of nitrogens with one attached hydrogen (secondary N) is 3. The number of hydrogen-bond acceptors (Lipinski definition) is 7. The van der Waals surface area contributed by atoms with E-state index in [0.717, 1.165) is 11.1 Å². The number of ether oxygens (including phenoxy) is 3. The molecule has 3 N–H and O–H groups in total. The smallest absolute Gasteiger partial charge is 0.408 e. The zero-order chi connectivity index (χ0) is 25.3. The molecule has 0 bridgehead atoms. The lowest BCUT2D eigenvalue weighted by Crippen LogP contribution is -2.57. The third-order valence-corrected chi connectivity index (χ3v) is 5.94. The molecule has 2 aromatic rings. The summed E-state index contributed by atoms with van der Waals surface area (Å²) in [6, 6.07) is 16.8. The van der Waals surface area contributed by atoms with E-state index in [1.807, 2.05) is 60.7 Å². The number of carbonyl (C=O) groups excluding carboxylic acids is 4. The van der Waals surface area contributed by atoms with Crippen LogP contribution in [0.1, 0.15) is 11.1 Å². The molecule has 2 aliphatic heterocycles. The molecule has 4 rings (SSSR count). The van der Waals surface area contributed by atoms with E-state index in [4.69, 9.17) is 14.2 Å². The SMILES string of the molecule is O=C(CNC(=O)C(NC(=O)OCc1ccccc1)C1COC1)NC(Cc1ccccc1)C(=O)C1CO1. The Bertz CT molecular complexity index is 1060. The van der Waals surface area contributed by atoms with Gasteiger partial charge in [-0.2, -0.15) is 0 Å². The highest BCUT2D eigenvalue weighted by Crippen LogP contribution is 2.16. The van der Waals surface area contributed by atoms with E-state index >= 15 is 0 Å². The Balaban J connectivity index is 1.28. The highest BCUT2D eigenvalue weighted by molar-refractivity contribution is 5.95. The average molecular weight is 496 g/mol. The summed E-state index contributed by atoms with van der Waals surface area (Å²) in [6.07, 6.45) is -0.938. The lowest BCUT2D eigenvalue weighted by molar-refractivity contribution is -0.133. The van der Waals surface area contributed by atoms with E-state index in [-0.39, 0.29) is 24.9 Å². The van der Waals surface area contributed by atoms with Crippen LogP contribution in [0.4, 0.5) is 4.79 Å². The van der Waals surface area contributed by atoms with Crippen molar-refractivity contribution in [1.29, 1.82) is 0 Å². The molecule has 0 aliphatic carbocycles. The van der Waals surface area contributed by atoms with E-state index < -0.39 is 36.1 Å². The van der Waals surface area contributed by atoms with Crippen molar-refractivity contribution in [2.24, 2.45) is 5.92 Å². The molecular formula is C26H29N3O7. The number of Topliss-reactive ketones (excluding diaryl/α,β-unsaturated/α-hetero) is 1. The number of ketones is 1. The molecule has 10 heteroatoms. The molecule has 36 heavy (non-hydrogen) atoms. The second-order valence-corrected chi connectivity index (χ2v) is 8.73. The maximum Gasteiger partial charge on any atom is 0.408 e. The number of benzene rings is 2. The van der Waals surface area contributed by atoms with Crippen molar-refractivity contribution in [3.05, 3.63) is 71.8 Å². The Morgan fingerprint density at radius 2 is 1.53 bits per heavy atom. The molecule has 2 aliphatic rings. The van der Waals surface area contributed by atoms with Gasteiger partial charge >= 0.3 is 6.09 Å². The Morgan fingerprint density at radius 1 is 0.889 bits per heavy atom. The first-order valence-corrected chi connectivity index (χ1v) is 11.8. The number of alkyl carbamates (subject to hydrolysis) is 1. The third-order valence-electron chi connectivity index (χ3n) is 5.94. The molecule has 10 nitrogen and oxygen atoms in total. The van der Waals surface area contributed by atoms with Gasteiger partial charge in [0.2, 0.25) is 11.8 Å². The largest absolute Gasteiger partial charge is 0.445 e. The number of hydrogen-bond donors (Lipinski definition) is 3. The summed E-state index contributed by atoms with van der Waals surface area (Å²) in [5.74, 6) is -1.50. The van der Waals surface area contributed by atoms with Crippen molar-refractivity contribution in [3.63, 3.8) is 0 Å². The van der Waals surface area contributed by atoms with E-state index in [9.17, 15) is 19.2 Å². The number of amides is 3. The van der Waals surface area contributed by atoms with Crippen molar-refractivity contribution < 1.29 is 33.4 Å². The van der Waals surface area contributed by atoms with Crippen molar-refractivity contribution in [3.8, 4) is 0 Å². The van der Waals surface area contributed by atoms with Gasteiger partial charge in [0.1, 0.15) is 18.8 Å². The van der Waals surface area contributed by atoms with Gasteiger partial charge in [0, 0.05) is 5.92 Å². The fourth-order valence-electron chi connectivity index (χ4n) is 3.77. The predicted molar refractivity (Wildman–Crippen MR) is 128 cm³/mol. The van der Waals surface area contributed by atoms with E-state index in [1.54, 1.807) is 0 Å². The molecule has 2 aromatic carbocycles. The fourth-order valence-corrected chi connectivity index (χ4v) is 3.77. The summed E-state index contributed by atoms with van der Waals surface area (Å²) < 4.78 is 15.5. The summed E-state index contributed by atoms with van der Waals surface area (Å²) >= 11 is 0. The van der Waals surface area contributed by atoms with Gasteiger partial charge < -0.3 is 30.2 Å². The van der Waals surface area contributed by atoms with Gasteiger partial charge in [-0.25, -0.2) is 4.79 Å². The quantitative estimate of drug-likeness (QED) is 0.370. The van der Waals surface area contributed by atoms with Gasteiger partial charge in [0.05, 0.1) is 32.4 Å². The molecule has 0 radical (unpaired) electrons. The molecule has 0 spiro atoms. The topological polar surface area (TPSA) is 135 Å². The van der Waals surface area contributed by atoms with E-state index in [0.29, 0.717) is 26.2 Å². The molecule has 2 fully saturated rings. The molecule has 3 amide bonds. The molecule has 2 saturated heterocycles. The number of carbonyl (C=O) groups is 4. The minimum Gasteiger partial charge on any atom is -0.445 e. The van der Waals surface area contributed by atoms with Crippen molar-refractivity contribution >= 4 is 23.7 Å². The van der Waals surface area contributed by atoms with Crippen LogP contribution in [0, 0.1) is 5.92 Å². The molecule has 190 valence electrons. The predicted octanol–water partition coefficient (Wildman–Crippen LogP) is 0.739. The summed E-state index contributed by atoms with van der Waals surface area (Å²) in [5.41, 5.74) is 1.71. The average Bonchev–Trinajstić information content (AvgIpc) is 3.71. The normalized spacial score (nSPS) is 18.2. The summed E-state index contributed by atoms with van der Waals surface area (Å²) in [7, 11) is 0. The molecule has 3 atom stereocenters. The lowest BCUT2D eigenvalue weighted by atomic mass is 9.97. The van der Waals surface area contributed by atoms with Gasteiger partial charge in [-0.05, 0) is 17.5 Å². The monoisotopic (exact) mass is 495 g/mol. The van der Waals surface area contributed by atoms with Gasteiger partial charge in [-0.15, -0.1) is 0 Å². The number of epoxide rings is 1. The summed E-state index contributed by atoms with van der Waals surface area (Å²) in [6.45, 7) is 0.657. The first-order valence-electron chi connectivity index (χ1n) is 11.8.